The lowest BCUT2D eigenvalue weighted by Gasteiger charge is -2.40. The molecule has 0 unspecified atom stereocenters. The highest BCUT2D eigenvalue weighted by Gasteiger charge is 2.36. The van der Waals surface area contributed by atoms with E-state index in [0.717, 1.165) is 90.1 Å². The van der Waals surface area contributed by atoms with Gasteiger partial charge in [0.1, 0.15) is 22.9 Å². The van der Waals surface area contributed by atoms with Crippen molar-refractivity contribution >= 4 is 28.1 Å². The highest BCUT2D eigenvalue weighted by Crippen LogP contribution is 2.44. The standard InChI is InChI=1S/C32H33N7O/c33-30-29-28(24-7-6-22-8-9-26(36-27(22)18-24)21-4-2-1-3-5-21)37-32(39(29)15-12-35-30)25-16-20(17-25)19-38-13-10-23(11-14-38)31(34)40/h1-9,12,15,18,20,23,25H,10-11,13-14,16-17,19H2,(H2,33,35)(H2,34,40)/t20-,25+. The summed E-state index contributed by atoms with van der Waals surface area (Å²) in [5.41, 5.74) is 17.6. The molecule has 0 atom stereocenters. The number of nitrogens with zero attached hydrogens (tertiary/aromatic N) is 5. The van der Waals surface area contributed by atoms with E-state index in [2.05, 4.69) is 56.7 Å². The molecule has 8 heteroatoms. The minimum Gasteiger partial charge on any atom is -0.382 e. The molecule has 202 valence electrons. The number of pyridine rings is 1. The van der Waals surface area contributed by atoms with E-state index >= 15 is 0 Å². The van der Waals surface area contributed by atoms with Gasteiger partial charge in [0.25, 0.3) is 0 Å². The maximum Gasteiger partial charge on any atom is 0.220 e. The molecule has 1 saturated heterocycles. The van der Waals surface area contributed by atoms with Crippen molar-refractivity contribution < 1.29 is 4.79 Å². The zero-order valence-electron chi connectivity index (χ0n) is 22.4. The maximum absolute atomic E-state index is 11.5. The van der Waals surface area contributed by atoms with Gasteiger partial charge in [-0.15, -0.1) is 0 Å². The molecule has 1 aliphatic heterocycles. The number of carbonyl (C=O) groups is 1. The number of aromatic nitrogens is 4. The highest BCUT2D eigenvalue weighted by molar-refractivity contribution is 5.91. The number of nitrogens with two attached hydrogens (primary N) is 2. The summed E-state index contributed by atoms with van der Waals surface area (Å²) in [6.07, 6.45) is 7.67. The number of fused-ring (bicyclic) bond motifs is 2. The van der Waals surface area contributed by atoms with Crippen molar-refractivity contribution in [3.05, 3.63) is 78.9 Å². The van der Waals surface area contributed by atoms with Crippen LogP contribution in [0.1, 0.15) is 37.4 Å². The highest BCUT2D eigenvalue weighted by atomic mass is 16.1. The Morgan fingerprint density at radius 1 is 0.950 bits per heavy atom. The minimum atomic E-state index is -0.155. The smallest absolute Gasteiger partial charge is 0.220 e. The van der Waals surface area contributed by atoms with Gasteiger partial charge < -0.3 is 16.4 Å². The van der Waals surface area contributed by atoms with Gasteiger partial charge >= 0.3 is 0 Å². The summed E-state index contributed by atoms with van der Waals surface area (Å²) in [5.74, 6) is 2.42. The van der Waals surface area contributed by atoms with E-state index < -0.39 is 0 Å². The summed E-state index contributed by atoms with van der Waals surface area (Å²) >= 11 is 0. The number of hydrogen-bond donors (Lipinski definition) is 2. The van der Waals surface area contributed by atoms with E-state index in [-0.39, 0.29) is 11.8 Å². The van der Waals surface area contributed by atoms with Crippen molar-refractivity contribution in [2.75, 3.05) is 25.4 Å². The molecule has 1 amide bonds. The first-order chi connectivity index (χ1) is 19.5. The van der Waals surface area contributed by atoms with E-state index in [1.54, 1.807) is 6.20 Å². The van der Waals surface area contributed by atoms with Crippen LogP contribution in [0, 0.1) is 11.8 Å². The van der Waals surface area contributed by atoms with Crippen molar-refractivity contribution in [3.63, 3.8) is 0 Å². The van der Waals surface area contributed by atoms with Crippen molar-refractivity contribution in [1.82, 2.24) is 24.3 Å². The molecule has 0 radical (unpaired) electrons. The Hall–Kier alpha value is -4.30. The third kappa shape index (κ3) is 4.48. The SMILES string of the molecule is NC(=O)C1CCN(C[C@H]2C[C@@H](c3nc(-c4ccc5ccc(-c6ccccc6)nc5c4)c4c(N)nccn43)C2)CC1. The van der Waals surface area contributed by atoms with Gasteiger partial charge in [-0.1, -0.05) is 48.5 Å². The first-order valence-corrected chi connectivity index (χ1v) is 14.1. The summed E-state index contributed by atoms with van der Waals surface area (Å²) in [5, 5.41) is 1.08. The molecule has 7 rings (SSSR count). The number of anilines is 1. The first-order valence-electron chi connectivity index (χ1n) is 14.1. The van der Waals surface area contributed by atoms with Crippen LogP contribution in [0.3, 0.4) is 0 Å². The molecular weight excluding hydrogens is 498 g/mol. The number of rotatable bonds is 6. The van der Waals surface area contributed by atoms with Gasteiger partial charge in [0.05, 0.1) is 11.2 Å². The van der Waals surface area contributed by atoms with Crippen molar-refractivity contribution in [3.8, 4) is 22.5 Å². The van der Waals surface area contributed by atoms with E-state index in [0.29, 0.717) is 17.7 Å². The Bertz CT molecular complexity index is 1700. The lowest BCUT2D eigenvalue weighted by atomic mass is 9.74. The monoisotopic (exact) mass is 531 g/mol. The Morgan fingerprint density at radius 2 is 1.73 bits per heavy atom. The lowest BCUT2D eigenvalue weighted by molar-refractivity contribution is -0.123. The van der Waals surface area contributed by atoms with E-state index in [1.165, 1.54) is 0 Å². The average Bonchev–Trinajstić information content (AvgIpc) is 3.35. The second kappa shape index (κ2) is 10.0. The quantitative estimate of drug-likeness (QED) is 0.323. The number of amides is 1. The zero-order chi connectivity index (χ0) is 27.2. The number of likely N-dealkylation sites (tertiary alicyclic amines) is 1. The van der Waals surface area contributed by atoms with Crippen LogP contribution >= 0.6 is 0 Å². The first kappa shape index (κ1) is 24.7. The normalized spacial score (nSPS) is 20.1. The molecule has 2 fully saturated rings. The molecule has 5 aromatic rings. The molecule has 1 saturated carbocycles. The Morgan fingerprint density at radius 3 is 2.50 bits per heavy atom. The fourth-order valence-corrected chi connectivity index (χ4v) is 6.47. The second-order valence-corrected chi connectivity index (χ2v) is 11.3. The molecular formula is C32H33N7O. The van der Waals surface area contributed by atoms with Crippen LogP contribution in [0.15, 0.2) is 73.1 Å². The molecule has 3 aromatic heterocycles. The molecule has 4 N–H and O–H groups in total. The van der Waals surface area contributed by atoms with Crippen molar-refractivity contribution in [2.24, 2.45) is 17.6 Å². The van der Waals surface area contributed by atoms with Crippen LogP contribution in [0.5, 0.6) is 0 Å². The summed E-state index contributed by atoms with van der Waals surface area (Å²) in [4.78, 5) is 28.6. The van der Waals surface area contributed by atoms with Crippen molar-refractivity contribution in [2.45, 2.75) is 31.6 Å². The van der Waals surface area contributed by atoms with E-state index in [4.69, 9.17) is 21.4 Å². The topological polar surface area (TPSA) is 115 Å². The summed E-state index contributed by atoms with van der Waals surface area (Å²) in [7, 11) is 0. The number of carbonyl (C=O) groups excluding carboxylic acids is 1. The zero-order valence-corrected chi connectivity index (χ0v) is 22.4. The predicted octanol–water partition coefficient (Wildman–Crippen LogP) is 4.88. The lowest BCUT2D eigenvalue weighted by Crippen LogP contribution is -2.42. The Kier molecular flexibility index (Phi) is 6.20. The van der Waals surface area contributed by atoms with Gasteiger partial charge in [-0.3, -0.25) is 9.20 Å². The van der Waals surface area contributed by atoms with Gasteiger partial charge in [-0.2, -0.15) is 0 Å². The van der Waals surface area contributed by atoms with Gasteiger partial charge in [0.15, 0.2) is 0 Å². The summed E-state index contributed by atoms with van der Waals surface area (Å²) < 4.78 is 2.13. The number of piperidine rings is 1. The van der Waals surface area contributed by atoms with Crippen LogP contribution in [0.25, 0.3) is 38.9 Å². The van der Waals surface area contributed by atoms with Crippen LogP contribution in [0.4, 0.5) is 5.82 Å². The average molecular weight is 532 g/mol. The number of hydrogen-bond acceptors (Lipinski definition) is 6. The Balaban J connectivity index is 1.15. The van der Waals surface area contributed by atoms with Crippen LogP contribution in [-0.4, -0.2) is 49.8 Å². The molecule has 2 aliphatic rings. The fourth-order valence-electron chi connectivity index (χ4n) is 6.47. The molecule has 2 aromatic carbocycles. The van der Waals surface area contributed by atoms with Gasteiger partial charge in [0.2, 0.25) is 5.91 Å². The molecule has 1 aliphatic carbocycles. The number of nitrogen functional groups attached to an aromatic ring is 1. The molecule has 4 heterocycles. The van der Waals surface area contributed by atoms with Gasteiger partial charge in [-0.25, -0.2) is 15.0 Å². The third-order valence-electron chi connectivity index (χ3n) is 8.75. The summed E-state index contributed by atoms with van der Waals surface area (Å²) in [6, 6.07) is 20.7. The summed E-state index contributed by atoms with van der Waals surface area (Å²) in [6.45, 7) is 2.98. The van der Waals surface area contributed by atoms with E-state index in [9.17, 15) is 4.79 Å². The largest absolute Gasteiger partial charge is 0.382 e. The minimum absolute atomic E-state index is 0.0365. The molecule has 8 nitrogen and oxygen atoms in total. The number of primary amides is 1. The third-order valence-corrected chi connectivity index (χ3v) is 8.75. The van der Waals surface area contributed by atoms with Crippen LogP contribution in [-0.2, 0) is 4.79 Å². The molecule has 0 spiro atoms. The number of benzene rings is 2. The van der Waals surface area contributed by atoms with Gasteiger partial charge in [-0.05, 0) is 56.8 Å². The van der Waals surface area contributed by atoms with Gasteiger partial charge in [0, 0.05) is 47.3 Å². The maximum atomic E-state index is 11.5. The van der Waals surface area contributed by atoms with Crippen molar-refractivity contribution in [1.29, 1.82) is 0 Å². The van der Waals surface area contributed by atoms with Crippen LogP contribution in [0.2, 0.25) is 0 Å². The van der Waals surface area contributed by atoms with Crippen LogP contribution < -0.4 is 11.5 Å². The second-order valence-electron chi connectivity index (χ2n) is 11.3. The Labute approximate surface area is 233 Å². The van der Waals surface area contributed by atoms with E-state index in [1.807, 2.05) is 24.4 Å². The molecule has 0 bridgehead atoms. The number of imidazole rings is 1. The molecule has 40 heavy (non-hydrogen) atoms. The fraction of sp³-hybridized carbons (Fsp3) is 0.312. The predicted molar refractivity (Wildman–Crippen MR) is 157 cm³/mol.